The largest absolute Gasteiger partial charge is 0.480 e. The molecule has 0 saturated carbocycles. The van der Waals surface area contributed by atoms with Gasteiger partial charge in [0.05, 0.1) is 6.54 Å². The second-order valence-electron chi connectivity index (χ2n) is 3.54. The molecule has 0 fully saturated rings. The van der Waals surface area contributed by atoms with E-state index in [1.54, 1.807) is 6.07 Å². The van der Waals surface area contributed by atoms with Crippen molar-refractivity contribution in [2.24, 2.45) is 5.73 Å². The Morgan fingerprint density at radius 1 is 1.47 bits per heavy atom. The zero-order valence-corrected chi connectivity index (χ0v) is 9.29. The van der Waals surface area contributed by atoms with Crippen molar-refractivity contribution in [3.63, 3.8) is 0 Å². The molecule has 0 bridgehead atoms. The smallest absolute Gasteiger partial charge is 0.323 e. The van der Waals surface area contributed by atoms with E-state index in [9.17, 15) is 14.4 Å². The SMILES string of the molecule is CN(CC(N)=O)C(=O)c1cccn1CC(=O)O. The van der Waals surface area contributed by atoms with E-state index in [0.717, 1.165) is 4.90 Å². The quantitative estimate of drug-likeness (QED) is 0.696. The second-order valence-corrected chi connectivity index (χ2v) is 3.54. The lowest BCUT2D eigenvalue weighted by Gasteiger charge is -2.16. The van der Waals surface area contributed by atoms with Crippen molar-refractivity contribution in [2.75, 3.05) is 13.6 Å². The lowest BCUT2D eigenvalue weighted by Crippen LogP contribution is -2.36. The van der Waals surface area contributed by atoms with Crippen molar-refractivity contribution in [1.29, 1.82) is 0 Å². The number of carbonyl (C=O) groups is 3. The standard InChI is InChI=1S/C10H13N3O4/c1-12(5-8(11)14)10(17)7-3-2-4-13(7)6-9(15)16/h2-4H,5-6H2,1H3,(H2,11,14)(H,15,16). The van der Waals surface area contributed by atoms with Crippen molar-refractivity contribution in [3.8, 4) is 0 Å². The summed E-state index contributed by atoms with van der Waals surface area (Å²) in [4.78, 5) is 34.2. The first-order chi connectivity index (χ1) is 7.91. The van der Waals surface area contributed by atoms with Gasteiger partial charge in [0.1, 0.15) is 12.2 Å². The third-order valence-electron chi connectivity index (χ3n) is 2.09. The van der Waals surface area contributed by atoms with E-state index in [1.165, 1.54) is 23.9 Å². The zero-order valence-electron chi connectivity index (χ0n) is 9.29. The number of carboxylic acids is 1. The molecule has 17 heavy (non-hydrogen) atoms. The summed E-state index contributed by atoms with van der Waals surface area (Å²) in [5.41, 5.74) is 5.17. The van der Waals surface area contributed by atoms with Gasteiger partial charge in [0, 0.05) is 13.2 Å². The lowest BCUT2D eigenvalue weighted by atomic mass is 10.3. The van der Waals surface area contributed by atoms with Gasteiger partial charge in [0.2, 0.25) is 5.91 Å². The number of aliphatic carboxylic acids is 1. The first kappa shape index (κ1) is 12.8. The monoisotopic (exact) mass is 239 g/mol. The van der Waals surface area contributed by atoms with Crippen molar-refractivity contribution in [1.82, 2.24) is 9.47 Å². The Morgan fingerprint density at radius 2 is 2.12 bits per heavy atom. The Balaban J connectivity index is 2.85. The molecular formula is C10H13N3O4. The molecule has 0 unspecified atom stereocenters. The molecule has 7 nitrogen and oxygen atoms in total. The molecule has 0 saturated heterocycles. The van der Waals surface area contributed by atoms with Gasteiger partial charge in [0.25, 0.3) is 5.91 Å². The van der Waals surface area contributed by atoms with Crippen LogP contribution in [-0.4, -0.2) is 45.9 Å². The number of nitrogens with two attached hydrogens (primary N) is 1. The predicted molar refractivity (Wildman–Crippen MR) is 58.2 cm³/mol. The van der Waals surface area contributed by atoms with Crippen LogP contribution < -0.4 is 5.73 Å². The summed E-state index contributed by atoms with van der Waals surface area (Å²) in [6, 6.07) is 3.05. The second kappa shape index (κ2) is 5.15. The number of amides is 2. The number of hydrogen-bond acceptors (Lipinski definition) is 3. The Morgan fingerprint density at radius 3 is 2.65 bits per heavy atom. The van der Waals surface area contributed by atoms with Crippen LogP contribution in [0.4, 0.5) is 0 Å². The molecule has 2 amide bonds. The van der Waals surface area contributed by atoms with E-state index in [-0.39, 0.29) is 18.8 Å². The molecular weight excluding hydrogens is 226 g/mol. The molecule has 7 heteroatoms. The third kappa shape index (κ3) is 3.33. The van der Waals surface area contributed by atoms with Gasteiger partial charge in [-0.05, 0) is 12.1 Å². The Labute approximate surface area is 97.4 Å². The highest BCUT2D eigenvalue weighted by Gasteiger charge is 2.17. The van der Waals surface area contributed by atoms with Gasteiger partial charge >= 0.3 is 5.97 Å². The molecule has 0 aliphatic rings. The van der Waals surface area contributed by atoms with Crippen molar-refractivity contribution < 1.29 is 19.5 Å². The number of carbonyl (C=O) groups excluding carboxylic acids is 2. The van der Waals surface area contributed by atoms with Crippen LogP contribution in [0.3, 0.4) is 0 Å². The highest BCUT2D eigenvalue weighted by atomic mass is 16.4. The fraction of sp³-hybridized carbons (Fsp3) is 0.300. The fourth-order valence-electron chi connectivity index (χ4n) is 1.39. The summed E-state index contributed by atoms with van der Waals surface area (Å²) < 4.78 is 1.29. The highest BCUT2D eigenvalue weighted by Crippen LogP contribution is 2.05. The number of primary amides is 1. The van der Waals surface area contributed by atoms with E-state index >= 15 is 0 Å². The van der Waals surface area contributed by atoms with Crippen molar-refractivity contribution >= 4 is 17.8 Å². The number of aromatic nitrogens is 1. The summed E-state index contributed by atoms with van der Waals surface area (Å²) in [5.74, 6) is -2.12. The minimum Gasteiger partial charge on any atom is -0.480 e. The summed E-state index contributed by atoms with van der Waals surface area (Å²) in [6.07, 6.45) is 1.49. The molecule has 0 radical (unpaired) electrons. The van der Waals surface area contributed by atoms with Crippen LogP contribution in [0.5, 0.6) is 0 Å². The first-order valence-corrected chi connectivity index (χ1v) is 4.82. The van der Waals surface area contributed by atoms with Crippen LogP contribution in [-0.2, 0) is 16.1 Å². The summed E-state index contributed by atoms with van der Waals surface area (Å²) in [6.45, 7) is -0.518. The fourth-order valence-corrected chi connectivity index (χ4v) is 1.39. The number of rotatable bonds is 5. The Bertz CT molecular complexity index is 452. The van der Waals surface area contributed by atoms with Crippen LogP contribution in [0.25, 0.3) is 0 Å². The van der Waals surface area contributed by atoms with Gasteiger partial charge in [-0.2, -0.15) is 0 Å². The molecule has 1 rings (SSSR count). The summed E-state index contributed by atoms with van der Waals surface area (Å²) in [5, 5.41) is 8.66. The lowest BCUT2D eigenvalue weighted by molar-refractivity contribution is -0.137. The van der Waals surface area contributed by atoms with E-state index in [1.807, 2.05) is 0 Å². The van der Waals surface area contributed by atoms with Crippen molar-refractivity contribution in [2.45, 2.75) is 6.54 Å². The predicted octanol–water partition coefficient (Wildman–Crippen LogP) is -0.870. The van der Waals surface area contributed by atoms with Crippen LogP contribution >= 0.6 is 0 Å². The minimum absolute atomic E-state index is 0.205. The van der Waals surface area contributed by atoms with Crippen LogP contribution in [0.2, 0.25) is 0 Å². The number of carboxylic acid groups (broad SMARTS) is 1. The maximum absolute atomic E-state index is 11.8. The average molecular weight is 239 g/mol. The molecule has 0 spiro atoms. The van der Waals surface area contributed by atoms with Crippen LogP contribution in [0.1, 0.15) is 10.5 Å². The van der Waals surface area contributed by atoms with Gasteiger partial charge in [0.15, 0.2) is 0 Å². The average Bonchev–Trinajstić information content (AvgIpc) is 2.62. The molecule has 0 atom stereocenters. The van der Waals surface area contributed by atoms with E-state index in [2.05, 4.69) is 0 Å². The van der Waals surface area contributed by atoms with E-state index < -0.39 is 17.8 Å². The van der Waals surface area contributed by atoms with Gasteiger partial charge < -0.3 is 20.3 Å². The van der Waals surface area contributed by atoms with Gasteiger partial charge in [-0.15, -0.1) is 0 Å². The minimum atomic E-state index is -1.05. The molecule has 92 valence electrons. The summed E-state index contributed by atoms with van der Waals surface area (Å²) in [7, 11) is 1.42. The normalized spacial score (nSPS) is 9.94. The van der Waals surface area contributed by atoms with Gasteiger partial charge in [-0.3, -0.25) is 14.4 Å². The number of nitrogens with zero attached hydrogens (tertiary/aromatic N) is 2. The molecule has 1 heterocycles. The van der Waals surface area contributed by atoms with Crippen LogP contribution in [0.15, 0.2) is 18.3 Å². The maximum atomic E-state index is 11.8. The third-order valence-corrected chi connectivity index (χ3v) is 2.09. The Kier molecular flexibility index (Phi) is 3.86. The van der Waals surface area contributed by atoms with E-state index in [0.29, 0.717) is 0 Å². The van der Waals surface area contributed by atoms with Crippen LogP contribution in [0, 0.1) is 0 Å². The molecule has 0 aliphatic heterocycles. The molecule has 1 aromatic rings. The Hall–Kier alpha value is -2.31. The molecule has 1 aromatic heterocycles. The first-order valence-electron chi connectivity index (χ1n) is 4.82. The van der Waals surface area contributed by atoms with Crippen molar-refractivity contribution in [3.05, 3.63) is 24.0 Å². The molecule has 0 aliphatic carbocycles. The summed E-state index contributed by atoms with van der Waals surface area (Å²) >= 11 is 0. The molecule has 3 N–H and O–H groups in total. The topological polar surface area (TPSA) is 106 Å². The highest BCUT2D eigenvalue weighted by molar-refractivity contribution is 5.95. The van der Waals surface area contributed by atoms with E-state index in [4.69, 9.17) is 10.8 Å². The molecule has 0 aromatic carbocycles. The van der Waals surface area contributed by atoms with Gasteiger partial charge in [-0.25, -0.2) is 0 Å². The van der Waals surface area contributed by atoms with Gasteiger partial charge in [-0.1, -0.05) is 0 Å². The maximum Gasteiger partial charge on any atom is 0.323 e. The number of likely N-dealkylation sites (N-methyl/N-ethyl adjacent to an activating group) is 1. The number of hydrogen-bond donors (Lipinski definition) is 2. The zero-order chi connectivity index (χ0) is 13.0.